The fourth-order valence-electron chi connectivity index (χ4n) is 3.12. The maximum absolute atomic E-state index is 5.41. The van der Waals surface area contributed by atoms with Crippen LogP contribution in [-0.2, 0) is 4.74 Å². The first-order valence-electron chi connectivity index (χ1n) is 7.23. The Morgan fingerprint density at radius 3 is 2.65 bits per heavy atom. The fourth-order valence-corrected chi connectivity index (χ4v) is 3.12. The molecule has 1 aliphatic heterocycles. The summed E-state index contributed by atoms with van der Waals surface area (Å²) in [6, 6.07) is 0.754. The van der Waals surface area contributed by atoms with E-state index in [1.807, 2.05) is 0 Å². The molecule has 98 valence electrons. The molecule has 2 unspecified atom stereocenters. The van der Waals surface area contributed by atoms with Crippen LogP contribution in [0.4, 0.5) is 0 Å². The van der Waals surface area contributed by atoms with Gasteiger partial charge < -0.3 is 10.1 Å². The molecule has 0 aromatic rings. The highest BCUT2D eigenvalue weighted by atomic mass is 16.5. The van der Waals surface area contributed by atoms with Crippen molar-refractivity contribution < 1.29 is 4.74 Å². The zero-order valence-electron chi connectivity index (χ0n) is 11.2. The van der Waals surface area contributed by atoms with Crippen LogP contribution >= 0.6 is 0 Å². The summed E-state index contributed by atoms with van der Waals surface area (Å²) >= 11 is 0. The summed E-state index contributed by atoms with van der Waals surface area (Å²) in [6.45, 7) is 9.32. The molecule has 0 amide bonds. The summed E-state index contributed by atoms with van der Waals surface area (Å²) < 4.78 is 5.41. The summed E-state index contributed by atoms with van der Waals surface area (Å²) in [6.07, 6.45) is 8.79. The first kappa shape index (κ1) is 13.1. The lowest BCUT2D eigenvalue weighted by Crippen LogP contribution is -2.37. The summed E-state index contributed by atoms with van der Waals surface area (Å²) in [7, 11) is 0. The van der Waals surface area contributed by atoms with Gasteiger partial charge in [-0.3, -0.25) is 0 Å². The molecule has 2 fully saturated rings. The van der Waals surface area contributed by atoms with Gasteiger partial charge in [0.15, 0.2) is 0 Å². The van der Waals surface area contributed by atoms with Crippen LogP contribution in [0.3, 0.4) is 0 Å². The van der Waals surface area contributed by atoms with E-state index in [9.17, 15) is 0 Å². The number of hydrogen-bond donors (Lipinski definition) is 1. The molecule has 17 heavy (non-hydrogen) atoms. The quantitative estimate of drug-likeness (QED) is 0.742. The molecule has 0 aromatic carbocycles. The largest absolute Gasteiger partial charge is 0.381 e. The van der Waals surface area contributed by atoms with Crippen molar-refractivity contribution in [1.82, 2.24) is 5.32 Å². The molecule has 1 heterocycles. The van der Waals surface area contributed by atoms with Crippen LogP contribution in [0.25, 0.3) is 0 Å². The van der Waals surface area contributed by atoms with Crippen molar-refractivity contribution in [3.05, 3.63) is 12.7 Å². The van der Waals surface area contributed by atoms with Gasteiger partial charge in [-0.05, 0) is 49.9 Å². The Balaban J connectivity index is 1.63. The molecule has 1 saturated heterocycles. The lowest BCUT2D eigenvalue weighted by Gasteiger charge is -2.32. The second kappa shape index (κ2) is 6.55. The Morgan fingerprint density at radius 1 is 1.29 bits per heavy atom. The molecule has 1 aliphatic carbocycles. The van der Waals surface area contributed by atoms with Gasteiger partial charge in [0.25, 0.3) is 0 Å². The van der Waals surface area contributed by atoms with Gasteiger partial charge >= 0.3 is 0 Å². The highest BCUT2D eigenvalue weighted by Gasteiger charge is 2.24. The minimum absolute atomic E-state index is 0.694. The van der Waals surface area contributed by atoms with E-state index < -0.39 is 0 Å². The summed E-state index contributed by atoms with van der Waals surface area (Å²) in [5.74, 6) is 2.33. The van der Waals surface area contributed by atoms with Crippen molar-refractivity contribution in [2.45, 2.75) is 45.1 Å². The SMILES string of the molecule is C=CC(C)C1CCC(NCC2CCOC2)CC1. The third-order valence-electron chi connectivity index (χ3n) is 4.61. The van der Waals surface area contributed by atoms with Crippen LogP contribution in [-0.4, -0.2) is 25.8 Å². The van der Waals surface area contributed by atoms with Gasteiger partial charge in [-0.25, -0.2) is 0 Å². The normalized spacial score (nSPS) is 35.7. The van der Waals surface area contributed by atoms with Crippen molar-refractivity contribution in [3.63, 3.8) is 0 Å². The molecule has 2 nitrogen and oxygen atoms in total. The van der Waals surface area contributed by atoms with Crippen LogP contribution in [0.5, 0.6) is 0 Å². The summed E-state index contributed by atoms with van der Waals surface area (Å²) in [5.41, 5.74) is 0. The first-order valence-corrected chi connectivity index (χ1v) is 7.23. The third-order valence-corrected chi connectivity index (χ3v) is 4.61. The van der Waals surface area contributed by atoms with Gasteiger partial charge in [0, 0.05) is 19.2 Å². The fraction of sp³-hybridized carbons (Fsp3) is 0.867. The molecule has 0 bridgehead atoms. The summed E-state index contributed by atoms with van der Waals surface area (Å²) in [4.78, 5) is 0. The Bertz CT molecular complexity index is 227. The zero-order valence-corrected chi connectivity index (χ0v) is 11.2. The molecule has 2 heteroatoms. The first-order chi connectivity index (χ1) is 8.29. The summed E-state index contributed by atoms with van der Waals surface area (Å²) in [5, 5.41) is 3.74. The zero-order chi connectivity index (χ0) is 12.1. The number of ether oxygens (including phenoxy) is 1. The van der Waals surface area contributed by atoms with E-state index >= 15 is 0 Å². The van der Waals surface area contributed by atoms with E-state index in [0.29, 0.717) is 5.92 Å². The number of rotatable bonds is 5. The predicted molar refractivity (Wildman–Crippen MR) is 72.0 cm³/mol. The molecule has 0 spiro atoms. The van der Waals surface area contributed by atoms with Gasteiger partial charge in [0.05, 0.1) is 6.61 Å². The average molecular weight is 237 g/mol. The molecule has 1 saturated carbocycles. The second-order valence-electron chi connectivity index (χ2n) is 5.84. The monoisotopic (exact) mass is 237 g/mol. The lowest BCUT2D eigenvalue weighted by molar-refractivity contribution is 0.182. The van der Waals surface area contributed by atoms with Crippen molar-refractivity contribution in [3.8, 4) is 0 Å². The van der Waals surface area contributed by atoms with Crippen molar-refractivity contribution in [1.29, 1.82) is 0 Å². The number of nitrogens with one attached hydrogen (secondary N) is 1. The van der Waals surface area contributed by atoms with Crippen molar-refractivity contribution in [2.24, 2.45) is 17.8 Å². The highest BCUT2D eigenvalue weighted by Crippen LogP contribution is 2.30. The van der Waals surface area contributed by atoms with E-state index in [0.717, 1.165) is 37.6 Å². The minimum Gasteiger partial charge on any atom is -0.381 e. The van der Waals surface area contributed by atoms with Gasteiger partial charge in [-0.1, -0.05) is 13.0 Å². The van der Waals surface area contributed by atoms with E-state index in [-0.39, 0.29) is 0 Å². The second-order valence-corrected chi connectivity index (χ2v) is 5.84. The minimum atomic E-state index is 0.694. The van der Waals surface area contributed by atoms with Gasteiger partial charge in [0.2, 0.25) is 0 Å². The average Bonchev–Trinajstić information content (AvgIpc) is 2.89. The van der Waals surface area contributed by atoms with E-state index in [4.69, 9.17) is 4.74 Å². The van der Waals surface area contributed by atoms with Crippen LogP contribution < -0.4 is 5.32 Å². The smallest absolute Gasteiger partial charge is 0.0507 e. The third kappa shape index (κ3) is 3.82. The lowest BCUT2D eigenvalue weighted by atomic mass is 9.79. The highest BCUT2D eigenvalue weighted by molar-refractivity contribution is 4.86. The predicted octanol–water partition coefficient (Wildman–Crippen LogP) is 2.99. The maximum Gasteiger partial charge on any atom is 0.0507 e. The Kier molecular flexibility index (Phi) is 5.05. The van der Waals surface area contributed by atoms with Crippen LogP contribution in [0.1, 0.15) is 39.0 Å². The Labute approximate surface area is 106 Å². The maximum atomic E-state index is 5.41. The molecule has 1 N–H and O–H groups in total. The van der Waals surface area contributed by atoms with Crippen molar-refractivity contribution in [2.75, 3.05) is 19.8 Å². The molecular weight excluding hydrogens is 210 g/mol. The van der Waals surface area contributed by atoms with E-state index in [2.05, 4.69) is 24.9 Å². The molecule has 2 rings (SSSR count). The Morgan fingerprint density at radius 2 is 2.06 bits per heavy atom. The molecular formula is C15H27NO. The van der Waals surface area contributed by atoms with Gasteiger partial charge in [0.1, 0.15) is 0 Å². The standard InChI is InChI=1S/C15H27NO/c1-3-12(2)14-4-6-15(7-5-14)16-10-13-8-9-17-11-13/h3,12-16H,1,4-11H2,2H3. The van der Waals surface area contributed by atoms with Crippen LogP contribution in [0.2, 0.25) is 0 Å². The van der Waals surface area contributed by atoms with E-state index in [1.165, 1.54) is 32.1 Å². The topological polar surface area (TPSA) is 21.3 Å². The van der Waals surface area contributed by atoms with Gasteiger partial charge in [-0.15, -0.1) is 6.58 Å². The number of allylic oxidation sites excluding steroid dienone is 1. The Hall–Kier alpha value is -0.340. The molecule has 2 aliphatic rings. The number of hydrogen-bond acceptors (Lipinski definition) is 2. The molecule has 0 aromatic heterocycles. The van der Waals surface area contributed by atoms with Gasteiger partial charge in [-0.2, -0.15) is 0 Å². The van der Waals surface area contributed by atoms with Crippen LogP contribution in [0, 0.1) is 17.8 Å². The van der Waals surface area contributed by atoms with E-state index in [1.54, 1.807) is 0 Å². The van der Waals surface area contributed by atoms with Crippen LogP contribution in [0.15, 0.2) is 12.7 Å². The molecule has 2 atom stereocenters. The molecule has 0 radical (unpaired) electrons. The van der Waals surface area contributed by atoms with Crippen molar-refractivity contribution >= 4 is 0 Å².